The Balaban J connectivity index is 0.00000272. The van der Waals surface area contributed by atoms with Crippen molar-refractivity contribution in [3.05, 3.63) is 0 Å². The van der Waals surface area contributed by atoms with Gasteiger partial charge in [0, 0.05) is 63.9 Å². The van der Waals surface area contributed by atoms with Crippen molar-refractivity contribution < 1.29 is 9.53 Å². The third-order valence-corrected chi connectivity index (χ3v) is 7.99. The van der Waals surface area contributed by atoms with E-state index in [9.17, 15) is 4.79 Å². The van der Waals surface area contributed by atoms with E-state index in [-0.39, 0.29) is 30.0 Å². The molecule has 1 N–H and O–H groups in total. The number of hydrogen-bond acceptors (Lipinski definition) is 4. The number of guanidine groups is 1. The lowest BCUT2D eigenvalue weighted by Gasteiger charge is -2.61. The average molecular weight is 548 g/mol. The molecule has 31 heavy (non-hydrogen) atoms. The standard InChI is InChI=1S/C23H41N5O2.HI/c1-4-24-22(25-19-17-20(30-5-2)23(19)9-8-10-23)28-15-13-26(14-16-28)18(3)21(29)27-11-6-7-12-27;/h18-20H,4-17H2,1-3H3,(H,24,25);1H. The van der Waals surface area contributed by atoms with Crippen LogP contribution in [0.15, 0.2) is 4.99 Å². The number of nitrogens with one attached hydrogen (secondary N) is 1. The third-order valence-electron chi connectivity index (χ3n) is 7.99. The summed E-state index contributed by atoms with van der Waals surface area (Å²) in [7, 11) is 0. The monoisotopic (exact) mass is 547 g/mol. The minimum absolute atomic E-state index is 0. The molecule has 2 saturated carbocycles. The number of carbonyl (C=O) groups excluding carboxylic acids is 1. The summed E-state index contributed by atoms with van der Waals surface area (Å²) in [4.78, 5) is 24.4. The average Bonchev–Trinajstić information content (AvgIpc) is 3.25. The van der Waals surface area contributed by atoms with Crippen LogP contribution in [0.2, 0.25) is 0 Å². The molecule has 1 spiro atoms. The van der Waals surface area contributed by atoms with Crippen LogP contribution in [0.25, 0.3) is 0 Å². The summed E-state index contributed by atoms with van der Waals surface area (Å²) in [5, 5.41) is 3.82. The third kappa shape index (κ3) is 5.00. The molecular weight excluding hydrogens is 505 g/mol. The fraction of sp³-hybridized carbons (Fsp3) is 0.913. The number of carbonyl (C=O) groups is 1. The van der Waals surface area contributed by atoms with Gasteiger partial charge in [0.05, 0.1) is 12.1 Å². The Morgan fingerprint density at radius 1 is 1.06 bits per heavy atom. The smallest absolute Gasteiger partial charge is 0.239 e. The van der Waals surface area contributed by atoms with Crippen LogP contribution in [0.3, 0.4) is 0 Å². The summed E-state index contributed by atoms with van der Waals surface area (Å²) >= 11 is 0. The van der Waals surface area contributed by atoms with Crippen LogP contribution in [-0.4, -0.2) is 97.2 Å². The second kappa shape index (κ2) is 11.0. The van der Waals surface area contributed by atoms with Gasteiger partial charge in [0.15, 0.2) is 5.96 Å². The predicted molar refractivity (Wildman–Crippen MR) is 135 cm³/mol. The minimum Gasteiger partial charge on any atom is -0.378 e. The van der Waals surface area contributed by atoms with Crippen molar-refractivity contribution in [3.63, 3.8) is 0 Å². The van der Waals surface area contributed by atoms with Gasteiger partial charge in [0.1, 0.15) is 0 Å². The van der Waals surface area contributed by atoms with Crippen molar-refractivity contribution in [1.29, 1.82) is 0 Å². The highest BCUT2D eigenvalue weighted by Crippen LogP contribution is 2.57. The first kappa shape index (κ1) is 25.0. The number of rotatable bonds is 6. The van der Waals surface area contributed by atoms with Gasteiger partial charge < -0.3 is 19.9 Å². The van der Waals surface area contributed by atoms with Crippen LogP contribution < -0.4 is 5.32 Å². The zero-order chi connectivity index (χ0) is 21.1. The number of ether oxygens (including phenoxy) is 1. The van der Waals surface area contributed by atoms with Gasteiger partial charge in [-0.05, 0) is 52.9 Å². The van der Waals surface area contributed by atoms with Gasteiger partial charge in [0.2, 0.25) is 5.91 Å². The highest BCUT2D eigenvalue weighted by atomic mass is 127. The van der Waals surface area contributed by atoms with E-state index >= 15 is 0 Å². The molecule has 1 amide bonds. The Hall–Kier alpha value is -0.610. The van der Waals surface area contributed by atoms with E-state index in [0.717, 1.165) is 77.6 Å². The second-order valence-corrected chi connectivity index (χ2v) is 9.49. The van der Waals surface area contributed by atoms with E-state index in [1.807, 2.05) is 4.90 Å². The van der Waals surface area contributed by atoms with Crippen molar-refractivity contribution in [2.24, 2.45) is 10.4 Å². The Labute approximate surface area is 205 Å². The molecule has 4 fully saturated rings. The molecule has 4 aliphatic rings. The molecule has 0 bridgehead atoms. The molecule has 2 heterocycles. The Morgan fingerprint density at radius 2 is 1.74 bits per heavy atom. The Bertz CT molecular complexity index is 627. The summed E-state index contributed by atoms with van der Waals surface area (Å²) < 4.78 is 6.02. The van der Waals surface area contributed by atoms with E-state index in [4.69, 9.17) is 9.73 Å². The van der Waals surface area contributed by atoms with E-state index in [1.54, 1.807) is 0 Å². The summed E-state index contributed by atoms with van der Waals surface area (Å²) in [5.74, 6) is 1.37. The first-order valence-corrected chi connectivity index (χ1v) is 12.3. The summed E-state index contributed by atoms with van der Waals surface area (Å²) in [6.07, 6.45) is 7.70. The quantitative estimate of drug-likeness (QED) is 0.315. The van der Waals surface area contributed by atoms with Gasteiger partial charge in [0.25, 0.3) is 0 Å². The topological polar surface area (TPSA) is 60.4 Å². The van der Waals surface area contributed by atoms with Gasteiger partial charge >= 0.3 is 0 Å². The fourth-order valence-electron chi connectivity index (χ4n) is 5.86. The molecule has 2 aliphatic heterocycles. The zero-order valence-electron chi connectivity index (χ0n) is 19.6. The van der Waals surface area contributed by atoms with E-state index < -0.39 is 0 Å². The lowest BCUT2D eigenvalue weighted by molar-refractivity contribution is -0.169. The Kier molecular flexibility index (Phi) is 8.88. The maximum atomic E-state index is 12.8. The van der Waals surface area contributed by atoms with Crippen molar-refractivity contribution in [3.8, 4) is 0 Å². The SMILES string of the molecule is CCN=C(NC1CC(OCC)C12CCC2)N1CCN(C(C)C(=O)N2CCCC2)CC1.I. The van der Waals surface area contributed by atoms with Crippen molar-refractivity contribution in [2.75, 3.05) is 52.4 Å². The summed E-state index contributed by atoms with van der Waals surface area (Å²) in [5.41, 5.74) is 0.336. The Morgan fingerprint density at radius 3 is 2.29 bits per heavy atom. The van der Waals surface area contributed by atoms with Crippen molar-refractivity contribution in [2.45, 2.75) is 77.5 Å². The lowest BCUT2D eigenvalue weighted by atomic mass is 9.51. The van der Waals surface area contributed by atoms with Gasteiger partial charge in [-0.3, -0.25) is 14.7 Å². The molecule has 0 aromatic heterocycles. The molecule has 7 nitrogen and oxygen atoms in total. The van der Waals surface area contributed by atoms with Crippen molar-refractivity contribution >= 4 is 35.8 Å². The van der Waals surface area contributed by atoms with Crippen LogP contribution in [0, 0.1) is 5.41 Å². The van der Waals surface area contributed by atoms with Crippen molar-refractivity contribution in [1.82, 2.24) is 20.0 Å². The van der Waals surface area contributed by atoms with Crippen LogP contribution in [0.1, 0.15) is 59.3 Å². The van der Waals surface area contributed by atoms with Crippen LogP contribution in [-0.2, 0) is 9.53 Å². The molecule has 3 unspecified atom stereocenters. The molecule has 4 rings (SSSR count). The highest BCUT2D eigenvalue weighted by Gasteiger charge is 2.59. The number of piperazine rings is 1. The number of aliphatic imine (C=N–C) groups is 1. The number of hydrogen-bond donors (Lipinski definition) is 1. The minimum atomic E-state index is -0.0124. The maximum absolute atomic E-state index is 12.8. The molecule has 178 valence electrons. The van der Waals surface area contributed by atoms with Crippen LogP contribution >= 0.6 is 24.0 Å². The number of likely N-dealkylation sites (tertiary alicyclic amines) is 1. The van der Waals surface area contributed by atoms with Gasteiger partial charge in [-0.15, -0.1) is 24.0 Å². The van der Waals surface area contributed by atoms with Crippen LogP contribution in [0.4, 0.5) is 0 Å². The summed E-state index contributed by atoms with van der Waals surface area (Å²) in [6.45, 7) is 13.5. The van der Waals surface area contributed by atoms with E-state index in [0.29, 0.717) is 23.5 Å². The predicted octanol–water partition coefficient (Wildman–Crippen LogP) is 2.55. The first-order valence-electron chi connectivity index (χ1n) is 12.3. The molecule has 2 aliphatic carbocycles. The molecule has 8 heteroatoms. The molecule has 0 aromatic rings. The zero-order valence-corrected chi connectivity index (χ0v) is 22.0. The summed E-state index contributed by atoms with van der Waals surface area (Å²) in [6, 6.07) is 0.475. The molecule has 0 aromatic carbocycles. The van der Waals surface area contributed by atoms with E-state index in [2.05, 4.69) is 35.9 Å². The van der Waals surface area contributed by atoms with Gasteiger partial charge in [-0.25, -0.2) is 0 Å². The molecule has 0 radical (unpaired) electrons. The van der Waals surface area contributed by atoms with Gasteiger partial charge in [-0.1, -0.05) is 6.42 Å². The number of amides is 1. The molecule has 3 atom stereocenters. The normalized spacial score (nSPS) is 29.2. The number of halogens is 1. The molecule has 2 saturated heterocycles. The maximum Gasteiger partial charge on any atom is 0.239 e. The second-order valence-electron chi connectivity index (χ2n) is 9.49. The largest absolute Gasteiger partial charge is 0.378 e. The van der Waals surface area contributed by atoms with Crippen LogP contribution in [0.5, 0.6) is 0 Å². The fourth-order valence-corrected chi connectivity index (χ4v) is 5.86. The first-order chi connectivity index (χ1) is 14.6. The van der Waals surface area contributed by atoms with Gasteiger partial charge in [-0.2, -0.15) is 0 Å². The highest BCUT2D eigenvalue weighted by molar-refractivity contribution is 14.0. The lowest BCUT2D eigenvalue weighted by Crippen LogP contribution is -2.69. The van der Waals surface area contributed by atoms with E-state index in [1.165, 1.54) is 19.3 Å². The number of nitrogens with zero attached hydrogens (tertiary/aromatic N) is 4. The molecular formula is C23H42IN5O2.